The third-order valence-electron chi connectivity index (χ3n) is 3.60. The number of carbonyl (C=O) groups excluding carboxylic acids is 2. The Labute approximate surface area is 108 Å². The topological polar surface area (TPSA) is 49.9 Å². The lowest BCUT2D eigenvalue weighted by molar-refractivity contribution is -0.129. The molecular weight excluding hydrogens is 232 g/mol. The number of ether oxygens (including phenoxy) is 1. The van der Waals surface area contributed by atoms with Crippen molar-refractivity contribution in [3.05, 3.63) is 0 Å². The number of rotatable bonds is 0. The van der Waals surface area contributed by atoms with Crippen LogP contribution in [0.5, 0.6) is 0 Å². The smallest absolute Gasteiger partial charge is 0.410 e. The average Bonchev–Trinajstić information content (AvgIpc) is 2.70. The SMILES string of the molecule is CC(=O)N1CCC2CN(C(=O)OC(C)(C)C)CC21. The number of carbonyl (C=O) groups is 2. The van der Waals surface area contributed by atoms with Gasteiger partial charge in [-0.2, -0.15) is 0 Å². The van der Waals surface area contributed by atoms with Crippen molar-refractivity contribution in [2.24, 2.45) is 5.92 Å². The molecule has 0 aliphatic carbocycles. The molecule has 2 rings (SSSR count). The van der Waals surface area contributed by atoms with Gasteiger partial charge in [-0.1, -0.05) is 0 Å². The summed E-state index contributed by atoms with van der Waals surface area (Å²) in [4.78, 5) is 27.1. The van der Waals surface area contributed by atoms with Gasteiger partial charge in [0, 0.05) is 32.5 Å². The summed E-state index contributed by atoms with van der Waals surface area (Å²) in [5.74, 6) is 0.523. The molecule has 0 bridgehead atoms. The van der Waals surface area contributed by atoms with Crippen molar-refractivity contribution < 1.29 is 14.3 Å². The van der Waals surface area contributed by atoms with Crippen LogP contribution in [0.3, 0.4) is 0 Å². The van der Waals surface area contributed by atoms with E-state index in [4.69, 9.17) is 4.74 Å². The van der Waals surface area contributed by atoms with Gasteiger partial charge in [-0.05, 0) is 27.2 Å². The molecule has 2 aliphatic heterocycles. The highest BCUT2D eigenvalue weighted by molar-refractivity contribution is 5.74. The van der Waals surface area contributed by atoms with Crippen LogP contribution < -0.4 is 0 Å². The molecule has 2 aliphatic rings. The van der Waals surface area contributed by atoms with Crippen molar-refractivity contribution in [1.82, 2.24) is 9.80 Å². The molecule has 18 heavy (non-hydrogen) atoms. The van der Waals surface area contributed by atoms with Gasteiger partial charge in [-0.15, -0.1) is 0 Å². The fourth-order valence-corrected chi connectivity index (χ4v) is 2.83. The van der Waals surface area contributed by atoms with E-state index in [-0.39, 0.29) is 18.0 Å². The van der Waals surface area contributed by atoms with Crippen LogP contribution in [-0.2, 0) is 9.53 Å². The molecule has 0 radical (unpaired) electrons. The number of amides is 2. The second-order valence-electron chi connectivity index (χ2n) is 6.21. The molecule has 0 aromatic carbocycles. The third-order valence-corrected chi connectivity index (χ3v) is 3.60. The summed E-state index contributed by atoms with van der Waals surface area (Å²) < 4.78 is 5.37. The van der Waals surface area contributed by atoms with Crippen LogP contribution in [0.25, 0.3) is 0 Å². The van der Waals surface area contributed by atoms with Crippen LogP contribution in [0.15, 0.2) is 0 Å². The van der Waals surface area contributed by atoms with E-state index in [1.807, 2.05) is 25.7 Å². The summed E-state index contributed by atoms with van der Waals surface area (Å²) in [6.45, 7) is 9.34. The molecule has 2 saturated heterocycles. The van der Waals surface area contributed by atoms with Gasteiger partial charge in [-0.25, -0.2) is 4.79 Å². The lowest BCUT2D eigenvalue weighted by atomic mass is 10.1. The van der Waals surface area contributed by atoms with E-state index < -0.39 is 5.60 Å². The van der Waals surface area contributed by atoms with Gasteiger partial charge in [0.2, 0.25) is 5.91 Å². The Morgan fingerprint density at radius 1 is 1.22 bits per heavy atom. The van der Waals surface area contributed by atoms with Crippen LogP contribution in [0.2, 0.25) is 0 Å². The number of hydrogen-bond donors (Lipinski definition) is 0. The lowest BCUT2D eigenvalue weighted by Gasteiger charge is -2.26. The zero-order chi connectivity index (χ0) is 13.5. The molecule has 0 aromatic rings. The maximum Gasteiger partial charge on any atom is 0.410 e. The van der Waals surface area contributed by atoms with E-state index in [9.17, 15) is 9.59 Å². The van der Waals surface area contributed by atoms with Gasteiger partial charge in [-0.3, -0.25) is 4.79 Å². The second kappa shape index (κ2) is 4.44. The number of hydrogen-bond acceptors (Lipinski definition) is 3. The summed E-state index contributed by atoms with van der Waals surface area (Å²) in [7, 11) is 0. The molecule has 0 saturated carbocycles. The molecule has 5 nitrogen and oxygen atoms in total. The first-order chi connectivity index (χ1) is 8.28. The monoisotopic (exact) mass is 254 g/mol. The van der Waals surface area contributed by atoms with Crippen LogP contribution in [-0.4, -0.2) is 53.1 Å². The summed E-state index contributed by atoms with van der Waals surface area (Å²) in [5, 5.41) is 0. The van der Waals surface area contributed by atoms with Crippen molar-refractivity contribution in [2.45, 2.75) is 45.8 Å². The Bertz CT molecular complexity index is 362. The molecule has 102 valence electrons. The van der Waals surface area contributed by atoms with Crippen LogP contribution in [0.4, 0.5) is 4.79 Å². The Hall–Kier alpha value is -1.26. The Kier molecular flexibility index (Phi) is 3.25. The fourth-order valence-electron chi connectivity index (χ4n) is 2.83. The molecule has 2 heterocycles. The van der Waals surface area contributed by atoms with Crippen molar-refractivity contribution >= 4 is 12.0 Å². The van der Waals surface area contributed by atoms with Crippen molar-refractivity contribution in [2.75, 3.05) is 19.6 Å². The molecule has 2 unspecified atom stereocenters. The van der Waals surface area contributed by atoms with Gasteiger partial charge in [0.25, 0.3) is 0 Å². The number of nitrogens with zero attached hydrogens (tertiary/aromatic N) is 2. The van der Waals surface area contributed by atoms with Crippen molar-refractivity contribution in [1.29, 1.82) is 0 Å². The Balaban J connectivity index is 1.97. The van der Waals surface area contributed by atoms with E-state index in [0.717, 1.165) is 13.0 Å². The minimum absolute atomic E-state index is 0.105. The van der Waals surface area contributed by atoms with Crippen molar-refractivity contribution in [3.8, 4) is 0 Å². The first-order valence-corrected chi connectivity index (χ1v) is 6.53. The molecule has 0 aromatic heterocycles. The maximum atomic E-state index is 12.0. The Morgan fingerprint density at radius 2 is 1.89 bits per heavy atom. The highest BCUT2D eigenvalue weighted by atomic mass is 16.6. The van der Waals surface area contributed by atoms with Gasteiger partial charge in [0.05, 0.1) is 6.04 Å². The van der Waals surface area contributed by atoms with Gasteiger partial charge in [0.15, 0.2) is 0 Å². The highest BCUT2D eigenvalue weighted by Gasteiger charge is 2.44. The molecule has 2 amide bonds. The van der Waals surface area contributed by atoms with Crippen molar-refractivity contribution in [3.63, 3.8) is 0 Å². The molecule has 5 heteroatoms. The van der Waals surface area contributed by atoms with Gasteiger partial charge in [0.1, 0.15) is 5.60 Å². The molecule has 0 N–H and O–H groups in total. The molecule has 0 spiro atoms. The summed E-state index contributed by atoms with van der Waals surface area (Å²) in [6.07, 6.45) is 0.726. The number of fused-ring (bicyclic) bond motifs is 1. The van der Waals surface area contributed by atoms with E-state index in [0.29, 0.717) is 19.0 Å². The largest absolute Gasteiger partial charge is 0.444 e. The van der Waals surface area contributed by atoms with E-state index >= 15 is 0 Å². The summed E-state index contributed by atoms with van der Waals surface area (Å²) in [6, 6.07) is 0.190. The quantitative estimate of drug-likeness (QED) is 0.658. The second-order valence-corrected chi connectivity index (χ2v) is 6.21. The van der Waals surface area contributed by atoms with Crippen LogP contribution >= 0.6 is 0 Å². The Morgan fingerprint density at radius 3 is 2.44 bits per heavy atom. The van der Waals surface area contributed by atoms with E-state index in [2.05, 4.69) is 0 Å². The standard InChI is InChI=1S/C13H22N2O3/c1-9(16)15-6-5-10-7-14(8-11(10)15)12(17)18-13(2,3)4/h10-11H,5-8H2,1-4H3. The zero-order valence-electron chi connectivity index (χ0n) is 11.6. The summed E-state index contributed by atoms with van der Waals surface area (Å²) >= 11 is 0. The minimum atomic E-state index is -0.463. The van der Waals surface area contributed by atoms with E-state index in [1.54, 1.807) is 11.8 Å². The first-order valence-electron chi connectivity index (χ1n) is 6.53. The minimum Gasteiger partial charge on any atom is -0.444 e. The van der Waals surface area contributed by atoms with Crippen LogP contribution in [0, 0.1) is 5.92 Å². The van der Waals surface area contributed by atoms with E-state index in [1.165, 1.54) is 0 Å². The molecular formula is C13H22N2O3. The first kappa shape index (κ1) is 13.2. The maximum absolute atomic E-state index is 12.0. The van der Waals surface area contributed by atoms with Gasteiger partial charge >= 0.3 is 6.09 Å². The normalized spacial score (nSPS) is 27.3. The third kappa shape index (κ3) is 2.60. The van der Waals surface area contributed by atoms with Gasteiger partial charge < -0.3 is 14.5 Å². The number of likely N-dealkylation sites (tertiary alicyclic amines) is 2. The predicted molar refractivity (Wildman–Crippen MR) is 67.1 cm³/mol. The predicted octanol–water partition coefficient (Wildman–Crippen LogP) is 1.47. The van der Waals surface area contributed by atoms with Crippen LogP contribution in [0.1, 0.15) is 34.1 Å². The fraction of sp³-hybridized carbons (Fsp3) is 0.846. The molecule has 2 atom stereocenters. The zero-order valence-corrected chi connectivity index (χ0v) is 11.6. The average molecular weight is 254 g/mol. The molecule has 2 fully saturated rings. The summed E-state index contributed by atoms with van der Waals surface area (Å²) in [5.41, 5.74) is -0.463. The highest BCUT2D eigenvalue weighted by Crippen LogP contribution is 2.32. The lowest BCUT2D eigenvalue weighted by Crippen LogP contribution is -2.41.